The Morgan fingerprint density at radius 3 is 2.45 bits per heavy atom. The second-order valence-corrected chi connectivity index (χ2v) is 14.2. The molecule has 38 heavy (non-hydrogen) atoms. The molecule has 0 bridgehead atoms. The monoisotopic (exact) mass is 527 g/mol. The Labute approximate surface area is 229 Å². The molecule has 1 unspecified atom stereocenters. The summed E-state index contributed by atoms with van der Waals surface area (Å²) >= 11 is 0. The van der Waals surface area contributed by atoms with Crippen molar-refractivity contribution >= 4 is 18.0 Å². The molecule has 3 saturated carbocycles. The van der Waals surface area contributed by atoms with Crippen LogP contribution in [0.3, 0.4) is 0 Å². The summed E-state index contributed by atoms with van der Waals surface area (Å²) in [5.74, 6) is 3.84. The molecule has 0 spiro atoms. The zero-order chi connectivity index (χ0) is 27.2. The number of fused-ring (bicyclic) bond motifs is 5. The normalized spacial score (nSPS) is 39.4. The standard InChI is InChI=1S/C32H49NO5/c1-20(2)7-6-8-21(3)25-11-12-26-24-10-9-22-19-23(37-30(36)38-33-28(34)13-14-29(33)35)15-17-31(22,4)27(24)16-18-32(25,26)5/h9,20-21,23-27H,6-8,10-19H2,1-5H3/t21-,23+,24+,25?,26+,27+,31+,32-/m1/s1. The van der Waals surface area contributed by atoms with Gasteiger partial charge in [0.05, 0.1) is 0 Å². The minimum absolute atomic E-state index is 0.0845. The van der Waals surface area contributed by atoms with Crippen LogP contribution in [0.1, 0.15) is 118 Å². The van der Waals surface area contributed by atoms with E-state index in [4.69, 9.17) is 9.57 Å². The van der Waals surface area contributed by atoms with Gasteiger partial charge in [0, 0.05) is 19.3 Å². The summed E-state index contributed by atoms with van der Waals surface area (Å²) in [6.45, 7) is 12.3. The molecule has 2 amide bonds. The Kier molecular flexibility index (Phi) is 7.74. The van der Waals surface area contributed by atoms with E-state index < -0.39 is 18.0 Å². The SMILES string of the molecule is CC(C)CCC[C@@H](C)C1CC[C@H]2[C@@H]3CC=C4C[C@@H](OC(=O)ON5C(=O)CCC5=O)CC[C@]4(C)[C@H]3CC[C@]12C. The fraction of sp³-hybridized carbons (Fsp3) is 0.844. The molecule has 0 aromatic rings. The van der Waals surface area contributed by atoms with Crippen LogP contribution in [0.15, 0.2) is 11.6 Å². The molecule has 5 rings (SSSR count). The molecule has 4 fully saturated rings. The average molecular weight is 528 g/mol. The van der Waals surface area contributed by atoms with Crippen LogP contribution in [0, 0.1) is 46.3 Å². The highest BCUT2D eigenvalue weighted by atomic mass is 16.8. The molecular weight excluding hydrogens is 478 g/mol. The summed E-state index contributed by atoms with van der Waals surface area (Å²) < 4.78 is 5.60. The van der Waals surface area contributed by atoms with Crippen LogP contribution in [0.5, 0.6) is 0 Å². The summed E-state index contributed by atoms with van der Waals surface area (Å²) in [7, 11) is 0. The Hall–Kier alpha value is -1.85. The van der Waals surface area contributed by atoms with Crippen molar-refractivity contribution < 1.29 is 24.0 Å². The molecule has 8 atom stereocenters. The van der Waals surface area contributed by atoms with Crippen molar-refractivity contribution in [2.75, 3.05) is 0 Å². The van der Waals surface area contributed by atoms with Crippen molar-refractivity contribution in [3.05, 3.63) is 11.6 Å². The van der Waals surface area contributed by atoms with Crippen molar-refractivity contribution in [2.45, 2.75) is 124 Å². The Balaban J connectivity index is 1.21. The van der Waals surface area contributed by atoms with E-state index in [2.05, 4.69) is 40.7 Å². The number of carbonyl (C=O) groups excluding carboxylic acids is 3. The maximum absolute atomic E-state index is 12.4. The molecule has 4 aliphatic carbocycles. The van der Waals surface area contributed by atoms with Gasteiger partial charge in [-0.25, -0.2) is 4.79 Å². The molecule has 0 radical (unpaired) electrons. The van der Waals surface area contributed by atoms with Crippen LogP contribution >= 0.6 is 0 Å². The molecule has 212 valence electrons. The highest BCUT2D eigenvalue weighted by molar-refractivity contribution is 6.01. The zero-order valence-electron chi connectivity index (χ0n) is 24.3. The number of ether oxygens (including phenoxy) is 1. The molecule has 5 aliphatic rings. The van der Waals surface area contributed by atoms with Gasteiger partial charge >= 0.3 is 6.16 Å². The first-order valence-electron chi connectivity index (χ1n) is 15.5. The molecule has 0 aromatic carbocycles. The van der Waals surface area contributed by atoms with Crippen LogP contribution in [0.4, 0.5) is 4.79 Å². The van der Waals surface area contributed by atoms with Crippen LogP contribution in [-0.4, -0.2) is 29.1 Å². The van der Waals surface area contributed by atoms with Gasteiger partial charge in [0.2, 0.25) is 0 Å². The summed E-state index contributed by atoms with van der Waals surface area (Å²) in [4.78, 5) is 40.9. The quantitative estimate of drug-likeness (QED) is 0.193. The zero-order valence-corrected chi connectivity index (χ0v) is 24.3. The van der Waals surface area contributed by atoms with Gasteiger partial charge in [-0.1, -0.05) is 70.6 Å². The van der Waals surface area contributed by atoms with Crippen LogP contribution in [-0.2, 0) is 19.2 Å². The topological polar surface area (TPSA) is 72.9 Å². The number of hydrogen-bond donors (Lipinski definition) is 0. The van der Waals surface area contributed by atoms with E-state index in [0.29, 0.717) is 16.4 Å². The minimum Gasteiger partial charge on any atom is -0.429 e. The molecule has 0 N–H and O–H groups in total. The Morgan fingerprint density at radius 1 is 1.00 bits per heavy atom. The van der Waals surface area contributed by atoms with E-state index in [1.807, 2.05) is 0 Å². The molecule has 1 aliphatic heterocycles. The number of amides is 2. The van der Waals surface area contributed by atoms with Gasteiger partial charge in [0.15, 0.2) is 0 Å². The van der Waals surface area contributed by atoms with E-state index in [9.17, 15) is 14.4 Å². The van der Waals surface area contributed by atoms with Gasteiger partial charge in [-0.2, -0.15) is 0 Å². The van der Waals surface area contributed by atoms with Gasteiger partial charge in [-0.3, -0.25) is 14.4 Å². The predicted octanol–water partition coefficient (Wildman–Crippen LogP) is 7.61. The number of hydroxylamine groups is 2. The lowest BCUT2D eigenvalue weighted by atomic mass is 9.47. The van der Waals surface area contributed by atoms with Gasteiger partial charge in [0.1, 0.15) is 6.10 Å². The first-order valence-corrected chi connectivity index (χ1v) is 15.5. The highest BCUT2D eigenvalue weighted by Crippen LogP contribution is 2.67. The lowest BCUT2D eigenvalue weighted by Gasteiger charge is -2.58. The second-order valence-electron chi connectivity index (χ2n) is 14.2. The number of hydrogen-bond acceptors (Lipinski definition) is 5. The average Bonchev–Trinajstić information content (AvgIpc) is 3.38. The van der Waals surface area contributed by atoms with E-state index in [-0.39, 0.29) is 24.4 Å². The van der Waals surface area contributed by atoms with Crippen LogP contribution < -0.4 is 0 Å². The summed E-state index contributed by atoms with van der Waals surface area (Å²) in [6.07, 6.45) is 14.7. The number of imide groups is 1. The third-order valence-electron chi connectivity index (χ3n) is 11.7. The first kappa shape index (κ1) is 27.7. The highest BCUT2D eigenvalue weighted by Gasteiger charge is 2.59. The smallest absolute Gasteiger partial charge is 0.429 e. The van der Waals surface area contributed by atoms with Crippen molar-refractivity contribution in [1.29, 1.82) is 0 Å². The number of carbonyl (C=O) groups is 3. The summed E-state index contributed by atoms with van der Waals surface area (Å²) in [5, 5.41) is 0.568. The first-order chi connectivity index (χ1) is 18.0. The van der Waals surface area contributed by atoms with Crippen molar-refractivity contribution in [1.82, 2.24) is 5.06 Å². The fourth-order valence-electron chi connectivity index (χ4n) is 9.64. The van der Waals surface area contributed by atoms with E-state index >= 15 is 0 Å². The lowest BCUT2D eigenvalue weighted by molar-refractivity contribution is -0.179. The maximum Gasteiger partial charge on any atom is 0.534 e. The second kappa shape index (κ2) is 10.6. The Bertz CT molecular complexity index is 957. The van der Waals surface area contributed by atoms with Crippen molar-refractivity contribution in [2.24, 2.45) is 46.3 Å². The molecule has 6 heteroatoms. The largest absolute Gasteiger partial charge is 0.534 e. The number of rotatable bonds is 7. The van der Waals surface area contributed by atoms with Crippen LogP contribution in [0.2, 0.25) is 0 Å². The van der Waals surface area contributed by atoms with Gasteiger partial charge < -0.3 is 4.74 Å². The molecule has 0 aromatic heterocycles. The lowest BCUT2D eigenvalue weighted by Crippen LogP contribution is -2.51. The molecule has 1 saturated heterocycles. The predicted molar refractivity (Wildman–Crippen MR) is 145 cm³/mol. The van der Waals surface area contributed by atoms with E-state index in [0.717, 1.165) is 55.3 Å². The Morgan fingerprint density at radius 2 is 1.74 bits per heavy atom. The summed E-state index contributed by atoms with van der Waals surface area (Å²) in [5.41, 5.74) is 2.10. The number of nitrogens with zero attached hydrogens (tertiary/aromatic N) is 1. The third kappa shape index (κ3) is 4.94. The van der Waals surface area contributed by atoms with E-state index in [1.165, 1.54) is 50.5 Å². The fourth-order valence-corrected chi connectivity index (χ4v) is 9.64. The molecule has 6 nitrogen and oxygen atoms in total. The van der Waals surface area contributed by atoms with Gasteiger partial charge in [-0.05, 0) is 91.3 Å². The van der Waals surface area contributed by atoms with Crippen molar-refractivity contribution in [3.8, 4) is 0 Å². The third-order valence-corrected chi connectivity index (χ3v) is 11.7. The number of allylic oxidation sites excluding steroid dienone is 1. The molecular formula is C32H49NO5. The maximum atomic E-state index is 12.4. The summed E-state index contributed by atoms with van der Waals surface area (Å²) in [6, 6.07) is 0. The van der Waals surface area contributed by atoms with Crippen LogP contribution in [0.25, 0.3) is 0 Å². The minimum atomic E-state index is -0.940. The molecule has 1 heterocycles. The van der Waals surface area contributed by atoms with Gasteiger partial charge in [0.25, 0.3) is 11.8 Å². The van der Waals surface area contributed by atoms with Gasteiger partial charge in [-0.15, -0.1) is 0 Å². The van der Waals surface area contributed by atoms with E-state index in [1.54, 1.807) is 0 Å². The van der Waals surface area contributed by atoms with Crippen molar-refractivity contribution in [3.63, 3.8) is 0 Å².